The van der Waals surface area contributed by atoms with Crippen molar-refractivity contribution in [3.63, 3.8) is 0 Å². The Morgan fingerprint density at radius 2 is 2.00 bits per heavy atom. The molecule has 0 aliphatic carbocycles. The lowest BCUT2D eigenvalue weighted by atomic mass is 9.93. The molecule has 0 N–H and O–H groups in total. The van der Waals surface area contributed by atoms with Gasteiger partial charge in [-0.2, -0.15) is 0 Å². The molecule has 0 spiro atoms. The first-order chi connectivity index (χ1) is 9.13. The molecular weight excluding hydrogens is 234 g/mol. The van der Waals surface area contributed by atoms with Crippen molar-refractivity contribution in [3.05, 3.63) is 35.8 Å². The van der Waals surface area contributed by atoms with Gasteiger partial charge in [0.15, 0.2) is 0 Å². The fourth-order valence-corrected chi connectivity index (χ4v) is 3.01. The van der Waals surface area contributed by atoms with E-state index in [9.17, 15) is 0 Å². The van der Waals surface area contributed by atoms with Crippen molar-refractivity contribution in [2.24, 2.45) is 0 Å². The van der Waals surface area contributed by atoms with Crippen LogP contribution in [0.15, 0.2) is 24.5 Å². The molecule has 1 saturated heterocycles. The van der Waals surface area contributed by atoms with Gasteiger partial charge in [0.25, 0.3) is 0 Å². The second-order valence-corrected chi connectivity index (χ2v) is 6.04. The maximum Gasteiger partial charge on any atom is 0.137 e. The van der Waals surface area contributed by atoms with Crippen molar-refractivity contribution in [2.75, 3.05) is 13.1 Å². The standard InChI is InChI=1S/C16H23N3/c1-12(2)18-8-5-14(6-9-18)15-11-19-7-4-13(3)10-16(19)17-15/h4,7,10-12,14H,5-6,8-9H2,1-3H3. The third kappa shape index (κ3) is 2.52. The topological polar surface area (TPSA) is 20.5 Å². The molecule has 1 fully saturated rings. The van der Waals surface area contributed by atoms with Crippen LogP contribution in [0.25, 0.3) is 5.65 Å². The zero-order valence-corrected chi connectivity index (χ0v) is 12.1. The van der Waals surface area contributed by atoms with Gasteiger partial charge in [-0.05, 0) is 64.4 Å². The number of aryl methyl sites for hydroxylation is 1. The average Bonchev–Trinajstić information content (AvgIpc) is 2.81. The number of pyridine rings is 1. The lowest BCUT2D eigenvalue weighted by Gasteiger charge is -2.33. The van der Waals surface area contributed by atoms with Crippen LogP contribution in [0.3, 0.4) is 0 Å². The van der Waals surface area contributed by atoms with Crippen molar-refractivity contribution >= 4 is 5.65 Å². The van der Waals surface area contributed by atoms with Gasteiger partial charge in [-0.3, -0.25) is 0 Å². The highest BCUT2D eigenvalue weighted by Crippen LogP contribution is 2.28. The van der Waals surface area contributed by atoms with Gasteiger partial charge in [0.05, 0.1) is 5.69 Å². The predicted octanol–water partition coefficient (Wildman–Crippen LogP) is 3.23. The summed E-state index contributed by atoms with van der Waals surface area (Å²) in [7, 11) is 0. The van der Waals surface area contributed by atoms with Crippen LogP contribution in [-0.2, 0) is 0 Å². The van der Waals surface area contributed by atoms with Crippen LogP contribution >= 0.6 is 0 Å². The maximum atomic E-state index is 4.81. The molecule has 0 saturated carbocycles. The van der Waals surface area contributed by atoms with Gasteiger partial charge in [-0.15, -0.1) is 0 Å². The Morgan fingerprint density at radius 3 is 2.68 bits per heavy atom. The van der Waals surface area contributed by atoms with E-state index < -0.39 is 0 Å². The second kappa shape index (κ2) is 4.97. The molecule has 0 atom stereocenters. The van der Waals surface area contributed by atoms with Gasteiger partial charge in [0, 0.05) is 24.4 Å². The number of piperidine rings is 1. The monoisotopic (exact) mass is 257 g/mol. The van der Waals surface area contributed by atoms with E-state index in [1.54, 1.807) is 0 Å². The minimum Gasteiger partial charge on any atom is -0.307 e. The molecule has 1 aliphatic rings. The Kier molecular flexibility index (Phi) is 3.31. The summed E-state index contributed by atoms with van der Waals surface area (Å²) in [6.45, 7) is 9.10. The molecule has 3 heteroatoms. The zero-order valence-electron chi connectivity index (χ0n) is 12.1. The number of hydrogen-bond donors (Lipinski definition) is 0. The first kappa shape index (κ1) is 12.7. The number of nitrogens with zero attached hydrogens (tertiary/aromatic N) is 3. The number of rotatable bonds is 2. The normalized spacial score (nSPS) is 18.5. The number of fused-ring (bicyclic) bond motifs is 1. The van der Waals surface area contributed by atoms with Crippen molar-refractivity contribution in [3.8, 4) is 0 Å². The molecule has 19 heavy (non-hydrogen) atoms. The van der Waals surface area contributed by atoms with E-state index in [-0.39, 0.29) is 0 Å². The molecule has 0 amide bonds. The molecular formula is C16H23N3. The third-order valence-corrected chi connectivity index (χ3v) is 4.31. The lowest BCUT2D eigenvalue weighted by molar-refractivity contribution is 0.171. The molecule has 0 radical (unpaired) electrons. The minimum atomic E-state index is 0.634. The van der Waals surface area contributed by atoms with Crippen LogP contribution in [0.1, 0.15) is 43.9 Å². The SMILES string of the molecule is Cc1ccn2cc(C3CCN(C(C)C)CC3)nc2c1. The number of likely N-dealkylation sites (tertiary alicyclic amines) is 1. The summed E-state index contributed by atoms with van der Waals surface area (Å²) in [6, 6.07) is 4.97. The van der Waals surface area contributed by atoms with Crippen LogP contribution in [-0.4, -0.2) is 33.4 Å². The molecule has 1 aliphatic heterocycles. The lowest BCUT2D eigenvalue weighted by Crippen LogP contribution is -2.37. The van der Waals surface area contributed by atoms with Gasteiger partial charge in [-0.1, -0.05) is 0 Å². The van der Waals surface area contributed by atoms with E-state index in [1.165, 1.54) is 37.2 Å². The summed E-state index contributed by atoms with van der Waals surface area (Å²) in [6.07, 6.45) is 6.80. The summed E-state index contributed by atoms with van der Waals surface area (Å²) < 4.78 is 2.15. The first-order valence-electron chi connectivity index (χ1n) is 7.33. The molecule has 0 unspecified atom stereocenters. The third-order valence-electron chi connectivity index (χ3n) is 4.31. The highest BCUT2D eigenvalue weighted by molar-refractivity contribution is 5.43. The van der Waals surface area contributed by atoms with E-state index in [0.29, 0.717) is 12.0 Å². The Bertz CT molecular complexity index is 562. The molecule has 102 valence electrons. The van der Waals surface area contributed by atoms with Crippen LogP contribution in [0, 0.1) is 6.92 Å². The van der Waals surface area contributed by atoms with E-state index in [2.05, 4.69) is 54.6 Å². The first-order valence-corrected chi connectivity index (χ1v) is 7.33. The van der Waals surface area contributed by atoms with E-state index in [1.807, 2.05) is 0 Å². The summed E-state index contributed by atoms with van der Waals surface area (Å²) in [5.41, 5.74) is 3.63. The van der Waals surface area contributed by atoms with Crippen molar-refractivity contribution in [1.82, 2.24) is 14.3 Å². The highest BCUT2D eigenvalue weighted by atomic mass is 15.1. The maximum absolute atomic E-state index is 4.81. The Balaban J connectivity index is 1.78. The molecule has 3 rings (SSSR count). The van der Waals surface area contributed by atoms with Gasteiger partial charge < -0.3 is 9.30 Å². The number of hydrogen-bond acceptors (Lipinski definition) is 2. The summed E-state index contributed by atoms with van der Waals surface area (Å²) in [5, 5.41) is 0. The summed E-state index contributed by atoms with van der Waals surface area (Å²) in [5.74, 6) is 0.634. The predicted molar refractivity (Wildman–Crippen MR) is 78.6 cm³/mol. The van der Waals surface area contributed by atoms with E-state index >= 15 is 0 Å². The van der Waals surface area contributed by atoms with E-state index in [4.69, 9.17) is 4.98 Å². The van der Waals surface area contributed by atoms with Crippen molar-refractivity contribution in [1.29, 1.82) is 0 Å². The fraction of sp³-hybridized carbons (Fsp3) is 0.562. The van der Waals surface area contributed by atoms with Gasteiger partial charge in [0.1, 0.15) is 5.65 Å². The average molecular weight is 257 g/mol. The number of imidazole rings is 1. The van der Waals surface area contributed by atoms with E-state index in [0.717, 1.165) is 5.65 Å². The van der Waals surface area contributed by atoms with Gasteiger partial charge >= 0.3 is 0 Å². The molecule has 0 bridgehead atoms. The molecule has 3 nitrogen and oxygen atoms in total. The van der Waals surface area contributed by atoms with Crippen molar-refractivity contribution < 1.29 is 0 Å². The fourth-order valence-electron chi connectivity index (χ4n) is 3.01. The van der Waals surface area contributed by atoms with Crippen molar-refractivity contribution in [2.45, 2.75) is 45.6 Å². The van der Waals surface area contributed by atoms with Crippen LogP contribution in [0.5, 0.6) is 0 Å². The zero-order chi connectivity index (χ0) is 13.4. The van der Waals surface area contributed by atoms with Crippen LogP contribution < -0.4 is 0 Å². The summed E-state index contributed by atoms with van der Waals surface area (Å²) in [4.78, 5) is 7.38. The minimum absolute atomic E-state index is 0.634. The van der Waals surface area contributed by atoms with Gasteiger partial charge in [0.2, 0.25) is 0 Å². The largest absolute Gasteiger partial charge is 0.307 e. The Labute approximate surface area is 115 Å². The molecule has 0 aromatic carbocycles. The Morgan fingerprint density at radius 1 is 1.26 bits per heavy atom. The highest BCUT2D eigenvalue weighted by Gasteiger charge is 2.23. The quantitative estimate of drug-likeness (QED) is 0.823. The van der Waals surface area contributed by atoms with Crippen LogP contribution in [0.2, 0.25) is 0 Å². The molecule has 2 aromatic rings. The molecule has 2 aromatic heterocycles. The Hall–Kier alpha value is -1.35. The smallest absolute Gasteiger partial charge is 0.137 e. The van der Waals surface area contributed by atoms with Gasteiger partial charge in [-0.25, -0.2) is 4.98 Å². The summed E-state index contributed by atoms with van der Waals surface area (Å²) >= 11 is 0. The van der Waals surface area contributed by atoms with Crippen LogP contribution in [0.4, 0.5) is 0 Å². The second-order valence-electron chi connectivity index (χ2n) is 6.04. The number of aromatic nitrogens is 2. The molecule has 3 heterocycles.